The lowest BCUT2D eigenvalue weighted by atomic mass is 9.90. The molecule has 8 nitrogen and oxygen atoms in total. The third-order valence-electron chi connectivity index (χ3n) is 6.85. The monoisotopic (exact) mass is 533 g/mol. The van der Waals surface area contributed by atoms with E-state index in [0.29, 0.717) is 17.7 Å². The van der Waals surface area contributed by atoms with Crippen molar-refractivity contribution in [3.63, 3.8) is 0 Å². The molecule has 0 aliphatic carbocycles. The summed E-state index contributed by atoms with van der Waals surface area (Å²) in [6.07, 6.45) is -2.20. The molecule has 1 aliphatic heterocycles. The Morgan fingerprint density at radius 2 is 1.81 bits per heavy atom. The number of hydrogen-bond donors (Lipinski definition) is 2. The molecule has 1 aliphatic rings. The van der Waals surface area contributed by atoms with Crippen molar-refractivity contribution in [3.8, 4) is 11.1 Å². The smallest absolute Gasteiger partial charge is 0.384 e. The first-order valence-electron chi connectivity index (χ1n) is 11.4. The van der Waals surface area contributed by atoms with E-state index in [1.54, 1.807) is 0 Å². The zero-order valence-corrected chi connectivity index (χ0v) is 21.2. The van der Waals surface area contributed by atoms with E-state index in [-0.39, 0.29) is 28.7 Å². The van der Waals surface area contributed by atoms with Crippen LogP contribution in [0.3, 0.4) is 0 Å². The SMILES string of the molecule is CC1CCN(c2ncc(-c3ccc(C(F)(F)F)cc3)cc2C(=O)NS(=O)(=O)c2cccc(N)n2)C1(C)C. The first-order valence-corrected chi connectivity index (χ1v) is 12.9. The van der Waals surface area contributed by atoms with Crippen molar-refractivity contribution < 1.29 is 26.4 Å². The highest BCUT2D eigenvalue weighted by Crippen LogP contribution is 2.39. The number of benzene rings is 1. The van der Waals surface area contributed by atoms with Gasteiger partial charge in [-0.2, -0.15) is 21.6 Å². The second kappa shape index (κ2) is 9.33. The number of pyridine rings is 2. The molecule has 1 saturated heterocycles. The van der Waals surface area contributed by atoms with E-state index >= 15 is 0 Å². The number of hydrogen-bond acceptors (Lipinski definition) is 7. The van der Waals surface area contributed by atoms with Crippen LogP contribution in [0, 0.1) is 5.92 Å². The van der Waals surface area contributed by atoms with Crippen LogP contribution in [-0.4, -0.2) is 36.4 Å². The van der Waals surface area contributed by atoms with Crippen molar-refractivity contribution in [2.45, 2.75) is 43.9 Å². The van der Waals surface area contributed by atoms with Gasteiger partial charge in [0.1, 0.15) is 11.6 Å². The maximum Gasteiger partial charge on any atom is 0.416 e. The molecular weight excluding hydrogens is 507 g/mol. The zero-order chi connectivity index (χ0) is 27.2. The Balaban J connectivity index is 1.77. The molecule has 0 spiro atoms. The molecule has 2 aromatic heterocycles. The van der Waals surface area contributed by atoms with Gasteiger partial charge in [0.25, 0.3) is 15.9 Å². The maximum absolute atomic E-state index is 13.4. The summed E-state index contributed by atoms with van der Waals surface area (Å²) in [5.41, 5.74) is 5.10. The number of halogens is 3. The number of nitrogens with one attached hydrogen (secondary N) is 1. The van der Waals surface area contributed by atoms with Crippen molar-refractivity contribution in [1.82, 2.24) is 14.7 Å². The van der Waals surface area contributed by atoms with Crippen LogP contribution in [0.4, 0.5) is 24.8 Å². The average Bonchev–Trinajstić information content (AvgIpc) is 3.10. The molecule has 1 fully saturated rings. The van der Waals surface area contributed by atoms with Gasteiger partial charge in [0.15, 0.2) is 5.03 Å². The van der Waals surface area contributed by atoms with E-state index in [0.717, 1.165) is 18.6 Å². The topological polar surface area (TPSA) is 118 Å². The number of rotatable bonds is 5. The molecule has 3 heterocycles. The summed E-state index contributed by atoms with van der Waals surface area (Å²) in [4.78, 5) is 23.6. The molecule has 3 N–H and O–H groups in total. The van der Waals surface area contributed by atoms with Gasteiger partial charge < -0.3 is 10.6 Å². The van der Waals surface area contributed by atoms with Crippen molar-refractivity contribution in [1.29, 1.82) is 0 Å². The molecule has 1 aromatic carbocycles. The minimum atomic E-state index is -4.49. The molecule has 1 unspecified atom stereocenters. The third kappa shape index (κ3) is 5.24. The fourth-order valence-corrected chi connectivity index (χ4v) is 5.21. The number of nitrogen functional groups attached to an aromatic ring is 1. The van der Waals surface area contributed by atoms with Crippen molar-refractivity contribution >= 4 is 27.6 Å². The van der Waals surface area contributed by atoms with Gasteiger partial charge in [-0.25, -0.2) is 14.7 Å². The van der Waals surface area contributed by atoms with Crippen molar-refractivity contribution in [2.24, 2.45) is 5.92 Å². The summed E-state index contributed by atoms with van der Waals surface area (Å²) in [5.74, 6) is -0.441. The Morgan fingerprint density at radius 3 is 2.38 bits per heavy atom. The van der Waals surface area contributed by atoms with E-state index < -0.39 is 32.7 Å². The first kappa shape index (κ1) is 26.4. The molecule has 196 valence electrons. The van der Waals surface area contributed by atoms with Crippen LogP contribution in [-0.2, 0) is 16.2 Å². The van der Waals surface area contributed by atoms with Crippen LogP contribution in [0.25, 0.3) is 11.1 Å². The van der Waals surface area contributed by atoms with Gasteiger partial charge in [-0.1, -0.05) is 25.1 Å². The van der Waals surface area contributed by atoms with Gasteiger partial charge in [0.2, 0.25) is 0 Å². The van der Waals surface area contributed by atoms with Gasteiger partial charge in [-0.15, -0.1) is 0 Å². The lowest BCUT2D eigenvalue weighted by molar-refractivity contribution is -0.137. The maximum atomic E-state index is 13.4. The Hall–Kier alpha value is -3.67. The van der Waals surface area contributed by atoms with E-state index in [9.17, 15) is 26.4 Å². The lowest BCUT2D eigenvalue weighted by Gasteiger charge is -2.36. The molecule has 4 rings (SSSR count). The summed E-state index contributed by atoms with van der Waals surface area (Å²) >= 11 is 0. The quantitative estimate of drug-likeness (QED) is 0.496. The van der Waals surface area contributed by atoms with E-state index in [1.165, 1.54) is 42.6 Å². The summed E-state index contributed by atoms with van der Waals surface area (Å²) in [7, 11) is -4.37. The van der Waals surface area contributed by atoms with E-state index in [2.05, 4.69) is 16.9 Å². The Morgan fingerprint density at radius 1 is 1.14 bits per heavy atom. The van der Waals surface area contributed by atoms with Gasteiger partial charge in [0, 0.05) is 23.8 Å². The van der Waals surface area contributed by atoms with Gasteiger partial charge in [0.05, 0.1) is 11.1 Å². The number of carbonyl (C=O) groups is 1. The van der Waals surface area contributed by atoms with Crippen LogP contribution >= 0.6 is 0 Å². The van der Waals surface area contributed by atoms with E-state index in [4.69, 9.17) is 5.73 Å². The zero-order valence-electron chi connectivity index (χ0n) is 20.4. The van der Waals surface area contributed by atoms with Gasteiger partial charge in [-0.3, -0.25) is 4.79 Å². The number of alkyl halides is 3. The van der Waals surface area contributed by atoms with Crippen molar-refractivity contribution in [3.05, 3.63) is 65.9 Å². The minimum absolute atomic E-state index is 0.0326. The molecular formula is C25H26F3N5O3S. The highest BCUT2D eigenvalue weighted by molar-refractivity contribution is 7.90. The third-order valence-corrected chi connectivity index (χ3v) is 8.08. The molecule has 0 saturated carbocycles. The molecule has 0 bridgehead atoms. The second-order valence-corrected chi connectivity index (χ2v) is 11.1. The fourth-order valence-electron chi connectivity index (χ4n) is 4.27. The summed E-state index contributed by atoms with van der Waals surface area (Å²) in [6.45, 7) is 6.67. The molecule has 1 amide bonds. The predicted octanol–water partition coefficient (Wildman–Crippen LogP) is 4.49. The Labute approximate surface area is 212 Å². The highest BCUT2D eigenvalue weighted by atomic mass is 32.2. The van der Waals surface area contributed by atoms with Gasteiger partial charge in [-0.05, 0) is 62.1 Å². The average molecular weight is 534 g/mol. The summed E-state index contributed by atoms with van der Waals surface area (Å²) in [5, 5.41) is -0.427. The summed E-state index contributed by atoms with van der Waals surface area (Å²) < 4.78 is 66.8. The lowest BCUT2D eigenvalue weighted by Crippen LogP contribution is -2.43. The minimum Gasteiger partial charge on any atom is -0.384 e. The molecule has 0 radical (unpaired) electrons. The number of carbonyl (C=O) groups excluding carboxylic acids is 1. The Bertz CT molecular complexity index is 1440. The van der Waals surface area contributed by atoms with Gasteiger partial charge >= 0.3 is 6.18 Å². The number of amides is 1. The Kier molecular flexibility index (Phi) is 6.65. The van der Waals surface area contributed by atoms with Crippen molar-refractivity contribution in [2.75, 3.05) is 17.2 Å². The van der Waals surface area contributed by atoms with E-state index in [1.807, 2.05) is 23.5 Å². The predicted molar refractivity (Wildman–Crippen MR) is 133 cm³/mol. The number of sulfonamides is 1. The number of aromatic nitrogens is 2. The number of nitrogens with zero attached hydrogens (tertiary/aromatic N) is 3. The standard InChI is InChI=1S/C25H26F3N5O3S/c1-15-11-12-33(24(15,2)3)22-19(23(34)32-37(35,36)21-6-4-5-20(29)31-21)13-17(14-30-22)16-7-9-18(10-8-16)25(26,27)28/h4-10,13-15H,11-12H2,1-3H3,(H2,29,31)(H,32,34). The van der Waals surface area contributed by atoms with Crippen LogP contribution < -0.4 is 15.4 Å². The molecule has 37 heavy (non-hydrogen) atoms. The highest BCUT2D eigenvalue weighted by Gasteiger charge is 2.41. The van der Waals surface area contributed by atoms with Crippen LogP contribution in [0.15, 0.2) is 59.8 Å². The fraction of sp³-hybridized carbons (Fsp3) is 0.320. The number of anilines is 2. The summed E-state index contributed by atoms with van der Waals surface area (Å²) in [6, 6.07) is 9.86. The van der Waals surface area contributed by atoms with Crippen LogP contribution in [0.5, 0.6) is 0 Å². The number of nitrogens with two attached hydrogens (primary N) is 1. The first-order chi connectivity index (χ1) is 17.2. The largest absolute Gasteiger partial charge is 0.416 e. The normalized spacial score (nSPS) is 17.6. The van der Waals surface area contributed by atoms with Crippen LogP contribution in [0.2, 0.25) is 0 Å². The van der Waals surface area contributed by atoms with Crippen LogP contribution in [0.1, 0.15) is 43.1 Å². The molecule has 12 heteroatoms. The molecule has 3 aromatic rings. The molecule has 1 atom stereocenters. The second-order valence-electron chi connectivity index (χ2n) is 9.50.